The normalized spacial score (nSPS) is 14.9. The number of fused-ring (bicyclic) bond motifs is 1. The summed E-state index contributed by atoms with van der Waals surface area (Å²) in [4.78, 5) is 22.8. The van der Waals surface area contributed by atoms with Gasteiger partial charge in [0.1, 0.15) is 0 Å². The summed E-state index contributed by atoms with van der Waals surface area (Å²) in [7, 11) is 0. The van der Waals surface area contributed by atoms with Crippen molar-refractivity contribution in [1.82, 2.24) is 0 Å². The van der Waals surface area contributed by atoms with Gasteiger partial charge in [-0.15, -0.1) is 0 Å². The van der Waals surface area contributed by atoms with Crippen LogP contribution in [0.15, 0.2) is 42.5 Å². The van der Waals surface area contributed by atoms with Crippen LogP contribution in [0.1, 0.15) is 21.5 Å². The van der Waals surface area contributed by atoms with E-state index in [-0.39, 0.29) is 11.5 Å². The summed E-state index contributed by atoms with van der Waals surface area (Å²) in [6, 6.07) is 11.5. The van der Waals surface area contributed by atoms with E-state index in [4.69, 9.17) is 16.7 Å². The van der Waals surface area contributed by atoms with Crippen LogP contribution in [0.3, 0.4) is 0 Å². The molecule has 2 N–H and O–H groups in total. The molecule has 1 amide bonds. The van der Waals surface area contributed by atoms with Gasteiger partial charge in [-0.25, -0.2) is 4.79 Å². The molecule has 0 saturated heterocycles. The monoisotopic (exact) mass is 299 g/mol. The molecule has 2 aromatic rings. The zero-order valence-electron chi connectivity index (χ0n) is 10.8. The molecule has 4 nitrogen and oxygen atoms in total. The Morgan fingerprint density at radius 2 is 1.86 bits per heavy atom. The number of aromatic carboxylic acids is 1. The summed E-state index contributed by atoms with van der Waals surface area (Å²) < 4.78 is 0. The molecule has 1 heterocycles. The zero-order chi connectivity index (χ0) is 15.0. The second kappa shape index (κ2) is 5.07. The van der Waals surface area contributed by atoms with Crippen LogP contribution in [-0.4, -0.2) is 17.0 Å². The first-order valence-electron chi connectivity index (χ1n) is 6.21. The fraction of sp³-hybridized carbons (Fsp3) is 0. The molecule has 0 bridgehead atoms. The van der Waals surface area contributed by atoms with E-state index in [0.29, 0.717) is 10.6 Å². The average molecular weight is 300 g/mol. The SMILES string of the molecule is O=C1Nc2ccc(Cl)cc2/C1=C\c1ccc(C(=O)O)cc1. The molecule has 21 heavy (non-hydrogen) atoms. The second-order valence-corrected chi connectivity index (χ2v) is 5.07. The van der Waals surface area contributed by atoms with Gasteiger partial charge >= 0.3 is 5.97 Å². The molecule has 3 rings (SSSR count). The molecule has 0 spiro atoms. The third-order valence-corrected chi connectivity index (χ3v) is 3.47. The van der Waals surface area contributed by atoms with Crippen LogP contribution in [0.25, 0.3) is 11.6 Å². The second-order valence-electron chi connectivity index (χ2n) is 4.63. The number of hydrogen-bond acceptors (Lipinski definition) is 2. The molecule has 1 aliphatic rings. The number of amides is 1. The number of carbonyl (C=O) groups excluding carboxylic acids is 1. The number of benzene rings is 2. The lowest BCUT2D eigenvalue weighted by Gasteiger charge is -2.00. The molecule has 104 valence electrons. The number of hydrogen-bond donors (Lipinski definition) is 2. The van der Waals surface area contributed by atoms with Gasteiger partial charge in [-0.05, 0) is 42.0 Å². The Balaban J connectivity index is 2.02. The van der Waals surface area contributed by atoms with E-state index in [1.54, 1.807) is 36.4 Å². The summed E-state index contributed by atoms with van der Waals surface area (Å²) in [5.41, 5.74) is 2.93. The van der Waals surface area contributed by atoms with Crippen LogP contribution < -0.4 is 5.32 Å². The molecule has 5 heteroatoms. The highest BCUT2D eigenvalue weighted by Crippen LogP contribution is 2.34. The fourth-order valence-corrected chi connectivity index (χ4v) is 2.36. The smallest absolute Gasteiger partial charge is 0.335 e. The Kier molecular flexibility index (Phi) is 3.23. The van der Waals surface area contributed by atoms with E-state index >= 15 is 0 Å². The number of rotatable bonds is 2. The van der Waals surface area contributed by atoms with Crippen LogP contribution in [0.5, 0.6) is 0 Å². The number of carbonyl (C=O) groups is 2. The molecule has 0 aliphatic carbocycles. The maximum absolute atomic E-state index is 12.0. The largest absolute Gasteiger partial charge is 0.478 e. The molecule has 0 unspecified atom stereocenters. The molecule has 0 saturated carbocycles. The van der Waals surface area contributed by atoms with Gasteiger partial charge in [-0.2, -0.15) is 0 Å². The minimum absolute atomic E-state index is 0.199. The van der Waals surface area contributed by atoms with E-state index in [0.717, 1.165) is 16.8 Å². The van der Waals surface area contributed by atoms with E-state index in [1.807, 2.05) is 0 Å². The minimum atomic E-state index is -0.982. The number of carboxylic acids is 1. The van der Waals surface area contributed by atoms with Crippen molar-refractivity contribution in [3.8, 4) is 0 Å². The summed E-state index contributed by atoms with van der Waals surface area (Å²) >= 11 is 5.96. The third kappa shape index (κ3) is 2.53. The number of halogens is 1. The molecule has 1 aliphatic heterocycles. The number of carboxylic acid groups (broad SMARTS) is 1. The Hall–Kier alpha value is -2.59. The maximum Gasteiger partial charge on any atom is 0.335 e. The van der Waals surface area contributed by atoms with Crippen molar-refractivity contribution in [2.75, 3.05) is 5.32 Å². The molecular weight excluding hydrogens is 290 g/mol. The Morgan fingerprint density at radius 3 is 2.52 bits per heavy atom. The quantitative estimate of drug-likeness (QED) is 0.834. The average Bonchev–Trinajstić information content (AvgIpc) is 2.76. The van der Waals surface area contributed by atoms with Crippen molar-refractivity contribution in [3.63, 3.8) is 0 Å². The Labute approximate surface area is 125 Å². The van der Waals surface area contributed by atoms with E-state index in [2.05, 4.69) is 5.32 Å². The van der Waals surface area contributed by atoms with Crippen LogP contribution in [-0.2, 0) is 4.79 Å². The van der Waals surface area contributed by atoms with Crippen molar-refractivity contribution in [1.29, 1.82) is 0 Å². The van der Waals surface area contributed by atoms with Gasteiger partial charge in [0.25, 0.3) is 5.91 Å². The highest BCUT2D eigenvalue weighted by atomic mass is 35.5. The molecule has 0 radical (unpaired) electrons. The Morgan fingerprint density at radius 1 is 1.14 bits per heavy atom. The molecular formula is C16H10ClNO3. The van der Waals surface area contributed by atoms with Gasteiger partial charge in [0.05, 0.1) is 5.56 Å². The third-order valence-electron chi connectivity index (χ3n) is 3.23. The predicted molar refractivity (Wildman–Crippen MR) is 81.4 cm³/mol. The van der Waals surface area contributed by atoms with Gasteiger partial charge in [0, 0.05) is 21.8 Å². The molecule has 2 aromatic carbocycles. The highest BCUT2D eigenvalue weighted by molar-refractivity contribution is 6.36. The van der Waals surface area contributed by atoms with Gasteiger partial charge in [0.15, 0.2) is 0 Å². The standard InChI is InChI=1S/C16H10ClNO3/c17-11-5-6-14-12(8-11)13(15(19)18-14)7-9-1-3-10(4-2-9)16(20)21/h1-8H,(H,18,19)(H,20,21)/b13-7+. The van der Waals surface area contributed by atoms with Crippen LogP contribution in [0.2, 0.25) is 5.02 Å². The van der Waals surface area contributed by atoms with Crippen LogP contribution >= 0.6 is 11.6 Å². The number of nitrogens with one attached hydrogen (secondary N) is 1. The molecule has 0 atom stereocenters. The summed E-state index contributed by atoms with van der Waals surface area (Å²) in [6.07, 6.45) is 1.71. The van der Waals surface area contributed by atoms with E-state index < -0.39 is 5.97 Å². The predicted octanol–water partition coefficient (Wildman–Crippen LogP) is 3.53. The first-order chi connectivity index (χ1) is 10.0. The lowest BCUT2D eigenvalue weighted by molar-refractivity contribution is -0.110. The Bertz CT molecular complexity index is 779. The van der Waals surface area contributed by atoms with Crippen molar-refractivity contribution in [2.45, 2.75) is 0 Å². The van der Waals surface area contributed by atoms with Gasteiger partial charge < -0.3 is 10.4 Å². The van der Waals surface area contributed by atoms with E-state index in [9.17, 15) is 9.59 Å². The minimum Gasteiger partial charge on any atom is -0.478 e. The van der Waals surface area contributed by atoms with E-state index in [1.165, 1.54) is 12.1 Å². The zero-order valence-corrected chi connectivity index (χ0v) is 11.5. The van der Waals surface area contributed by atoms with Crippen LogP contribution in [0.4, 0.5) is 5.69 Å². The molecule has 0 aromatic heterocycles. The lowest BCUT2D eigenvalue weighted by Crippen LogP contribution is -2.03. The lowest BCUT2D eigenvalue weighted by atomic mass is 10.0. The summed E-state index contributed by atoms with van der Waals surface area (Å²) in [5.74, 6) is -1.18. The van der Waals surface area contributed by atoms with Crippen molar-refractivity contribution < 1.29 is 14.7 Å². The number of anilines is 1. The highest BCUT2D eigenvalue weighted by Gasteiger charge is 2.24. The fourth-order valence-electron chi connectivity index (χ4n) is 2.19. The van der Waals surface area contributed by atoms with Crippen molar-refractivity contribution in [3.05, 3.63) is 64.2 Å². The van der Waals surface area contributed by atoms with Crippen molar-refractivity contribution in [2.24, 2.45) is 0 Å². The first kappa shape index (κ1) is 13.4. The van der Waals surface area contributed by atoms with Gasteiger partial charge in [-0.3, -0.25) is 4.79 Å². The summed E-state index contributed by atoms with van der Waals surface area (Å²) in [6.45, 7) is 0. The maximum atomic E-state index is 12.0. The van der Waals surface area contributed by atoms with Crippen molar-refractivity contribution >= 4 is 40.8 Å². The van der Waals surface area contributed by atoms with Crippen LogP contribution in [0, 0.1) is 0 Å². The topological polar surface area (TPSA) is 66.4 Å². The molecule has 0 fully saturated rings. The van der Waals surface area contributed by atoms with Gasteiger partial charge in [-0.1, -0.05) is 23.7 Å². The summed E-state index contributed by atoms with van der Waals surface area (Å²) in [5, 5.41) is 12.2. The first-order valence-corrected chi connectivity index (χ1v) is 6.59. The van der Waals surface area contributed by atoms with Gasteiger partial charge in [0.2, 0.25) is 0 Å².